The van der Waals surface area contributed by atoms with Gasteiger partial charge in [-0.25, -0.2) is 8.42 Å². The van der Waals surface area contributed by atoms with Crippen LogP contribution in [-0.2, 0) is 9.84 Å². The molecule has 0 saturated carbocycles. The SMILES string of the molecule is Cc1ccc(S(=O)(=O)[C@H](CNC(=O)c2ccccc2Cl)c2cccnc2)cc1. The molecule has 1 N–H and O–H groups in total. The van der Waals surface area contributed by atoms with Crippen molar-refractivity contribution in [2.45, 2.75) is 17.1 Å². The molecule has 2 aromatic carbocycles. The first-order valence-corrected chi connectivity index (χ1v) is 10.6. The van der Waals surface area contributed by atoms with Gasteiger partial charge in [0.25, 0.3) is 5.91 Å². The first-order valence-electron chi connectivity index (χ1n) is 8.63. The summed E-state index contributed by atoms with van der Waals surface area (Å²) in [7, 11) is -3.75. The summed E-state index contributed by atoms with van der Waals surface area (Å²) in [4.78, 5) is 16.7. The lowest BCUT2D eigenvalue weighted by molar-refractivity contribution is 0.0954. The number of carbonyl (C=O) groups is 1. The average Bonchev–Trinajstić information content (AvgIpc) is 2.69. The number of aromatic nitrogens is 1. The summed E-state index contributed by atoms with van der Waals surface area (Å²) < 4.78 is 26.5. The highest BCUT2D eigenvalue weighted by molar-refractivity contribution is 7.91. The summed E-state index contributed by atoms with van der Waals surface area (Å²) >= 11 is 6.06. The van der Waals surface area contributed by atoms with Gasteiger partial charge in [0, 0.05) is 18.9 Å². The molecule has 1 amide bonds. The van der Waals surface area contributed by atoms with Crippen molar-refractivity contribution in [1.82, 2.24) is 10.3 Å². The van der Waals surface area contributed by atoms with Crippen LogP contribution in [0.15, 0.2) is 78.0 Å². The van der Waals surface area contributed by atoms with Gasteiger partial charge in [0.05, 0.1) is 15.5 Å². The van der Waals surface area contributed by atoms with E-state index in [9.17, 15) is 13.2 Å². The van der Waals surface area contributed by atoms with Crippen LogP contribution in [-0.4, -0.2) is 25.9 Å². The molecule has 7 heteroatoms. The highest BCUT2D eigenvalue weighted by atomic mass is 35.5. The third-order valence-electron chi connectivity index (χ3n) is 4.35. The number of nitrogens with one attached hydrogen (secondary N) is 1. The molecule has 0 aliphatic rings. The van der Waals surface area contributed by atoms with Gasteiger partial charge in [0.2, 0.25) is 0 Å². The van der Waals surface area contributed by atoms with E-state index >= 15 is 0 Å². The van der Waals surface area contributed by atoms with Gasteiger partial charge < -0.3 is 5.32 Å². The smallest absolute Gasteiger partial charge is 0.252 e. The molecule has 0 aliphatic heterocycles. The highest BCUT2D eigenvalue weighted by Crippen LogP contribution is 2.28. The maximum atomic E-state index is 13.3. The molecule has 0 saturated heterocycles. The fourth-order valence-electron chi connectivity index (χ4n) is 2.79. The maximum absolute atomic E-state index is 13.3. The molecule has 28 heavy (non-hydrogen) atoms. The minimum absolute atomic E-state index is 0.105. The zero-order chi connectivity index (χ0) is 20.1. The fourth-order valence-corrected chi connectivity index (χ4v) is 4.66. The molecule has 0 radical (unpaired) electrons. The Morgan fingerprint density at radius 3 is 2.43 bits per heavy atom. The van der Waals surface area contributed by atoms with Gasteiger partial charge in [-0.1, -0.05) is 47.5 Å². The van der Waals surface area contributed by atoms with E-state index in [2.05, 4.69) is 10.3 Å². The lowest BCUT2D eigenvalue weighted by Gasteiger charge is -2.19. The number of carbonyl (C=O) groups excluding carboxylic acids is 1. The second kappa shape index (κ2) is 8.54. The number of aryl methyl sites for hydroxylation is 1. The Labute approximate surface area is 169 Å². The second-order valence-corrected chi connectivity index (χ2v) is 8.86. The predicted octanol–water partition coefficient (Wildman–Crippen LogP) is 3.99. The quantitative estimate of drug-likeness (QED) is 0.661. The molecule has 3 aromatic rings. The Kier molecular flexibility index (Phi) is 6.11. The molecule has 1 heterocycles. The minimum atomic E-state index is -3.75. The zero-order valence-electron chi connectivity index (χ0n) is 15.2. The van der Waals surface area contributed by atoms with Crippen LogP contribution in [0.1, 0.15) is 26.7 Å². The Bertz CT molecular complexity index is 1070. The third-order valence-corrected chi connectivity index (χ3v) is 6.79. The van der Waals surface area contributed by atoms with Crippen molar-refractivity contribution in [3.8, 4) is 0 Å². The van der Waals surface area contributed by atoms with Crippen LogP contribution in [0.25, 0.3) is 0 Å². The van der Waals surface area contributed by atoms with E-state index in [4.69, 9.17) is 11.6 Å². The van der Waals surface area contributed by atoms with Crippen molar-refractivity contribution in [2.24, 2.45) is 0 Å². The number of hydrogen-bond acceptors (Lipinski definition) is 4. The van der Waals surface area contributed by atoms with E-state index in [0.29, 0.717) is 16.1 Å². The zero-order valence-corrected chi connectivity index (χ0v) is 16.7. The molecule has 0 spiro atoms. The van der Waals surface area contributed by atoms with E-state index in [-0.39, 0.29) is 11.4 Å². The summed E-state index contributed by atoms with van der Waals surface area (Å²) in [5, 5.41) is 2.02. The lowest BCUT2D eigenvalue weighted by Crippen LogP contribution is -2.32. The summed E-state index contributed by atoms with van der Waals surface area (Å²) in [6.45, 7) is 1.78. The first kappa shape index (κ1) is 20.0. The van der Waals surface area contributed by atoms with Gasteiger partial charge in [0.15, 0.2) is 9.84 Å². The number of benzene rings is 2. The highest BCUT2D eigenvalue weighted by Gasteiger charge is 2.30. The predicted molar refractivity (Wildman–Crippen MR) is 109 cm³/mol. The van der Waals surface area contributed by atoms with Crippen molar-refractivity contribution in [1.29, 1.82) is 0 Å². The molecular formula is C21H19ClN2O3S. The third kappa shape index (κ3) is 4.40. The monoisotopic (exact) mass is 414 g/mol. The number of pyridine rings is 1. The van der Waals surface area contributed by atoms with Crippen molar-refractivity contribution in [2.75, 3.05) is 6.54 Å². The number of rotatable bonds is 6. The van der Waals surface area contributed by atoms with Crippen LogP contribution in [0, 0.1) is 6.92 Å². The van der Waals surface area contributed by atoms with Crippen molar-refractivity contribution >= 4 is 27.3 Å². The summed E-state index contributed by atoms with van der Waals surface area (Å²) in [6, 6.07) is 16.6. The van der Waals surface area contributed by atoms with Gasteiger partial charge >= 0.3 is 0 Å². The van der Waals surface area contributed by atoms with Crippen LogP contribution >= 0.6 is 11.6 Å². The summed E-state index contributed by atoms with van der Waals surface area (Å²) in [6.07, 6.45) is 3.07. The largest absolute Gasteiger partial charge is 0.350 e. The molecule has 5 nitrogen and oxygen atoms in total. The topological polar surface area (TPSA) is 76.1 Å². The molecular weight excluding hydrogens is 396 g/mol. The van der Waals surface area contributed by atoms with E-state index in [1.807, 2.05) is 6.92 Å². The Morgan fingerprint density at radius 1 is 1.07 bits per heavy atom. The molecule has 0 fully saturated rings. The fraction of sp³-hybridized carbons (Fsp3) is 0.143. The minimum Gasteiger partial charge on any atom is -0.350 e. The van der Waals surface area contributed by atoms with E-state index in [1.165, 1.54) is 6.20 Å². The standard InChI is InChI=1S/C21H19ClN2O3S/c1-15-8-10-17(11-9-15)28(26,27)20(16-5-4-12-23-13-16)14-24-21(25)18-6-2-3-7-19(18)22/h2-13,20H,14H2,1H3,(H,24,25)/t20-/m1/s1. The van der Waals surface area contributed by atoms with Gasteiger partial charge in [-0.2, -0.15) is 0 Å². The molecule has 3 rings (SSSR count). The Morgan fingerprint density at radius 2 is 1.79 bits per heavy atom. The van der Waals surface area contributed by atoms with Gasteiger partial charge in [0.1, 0.15) is 5.25 Å². The van der Waals surface area contributed by atoms with Crippen molar-refractivity contribution < 1.29 is 13.2 Å². The molecule has 0 aliphatic carbocycles. The van der Waals surface area contributed by atoms with Crippen LogP contribution in [0.3, 0.4) is 0 Å². The number of amides is 1. The molecule has 144 valence electrons. The Hall–Kier alpha value is -2.70. The van der Waals surface area contributed by atoms with Gasteiger partial charge in [-0.05, 0) is 42.8 Å². The average molecular weight is 415 g/mol. The van der Waals surface area contributed by atoms with Crippen LogP contribution < -0.4 is 5.32 Å². The molecule has 0 unspecified atom stereocenters. The number of hydrogen-bond donors (Lipinski definition) is 1. The van der Waals surface area contributed by atoms with Crippen molar-refractivity contribution in [3.63, 3.8) is 0 Å². The maximum Gasteiger partial charge on any atom is 0.252 e. The van der Waals surface area contributed by atoms with E-state index < -0.39 is 21.0 Å². The number of sulfone groups is 1. The Balaban J connectivity index is 1.91. The van der Waals surface area contributed by atoms with Crippen LogP contribution in [0.5, 0.6) is 0 Å². The van der Waals surface area contributed by atoms with Gasteiger partial charge in [-0.15, -0.1) is 0 Å². The van der Waals surface area contributed by atoms with E-state index in [0.717, 1.165) is 5.56 Å². The summed E-state index contributed by atoms with van der Waals surface area (Å²) in [5.74, 6) is -0.432. The van der Waals surface area contributed by atoms with Crippen LogP contribution in [0.2, 0.25) is 5.02 Å². The number of nitrogens with zero attached hydrogens (tertiary/aromatic N) is 1. The van der Waals surface area contributed by atoms with E-state index in [1.54, 1.807) is 66.9 Å². The normalized spacial score (nSPS) is 12.4. The molecule has 1 aromatic heterocycles. The lowest BCUT2D eigenvalue weighted by atomic mass is 10.2. The van der Waals surface area contributed by atoms with Crippen molar-refractivity contribution in [3.05, 3.63) is 94.8 Å². The first-order chi connectivity index (χ1) is 13.4. The molecule has 0 bridgehead atoms. The molecule has 1 atom stereocenters. The summed E-state index contributed by atoms with van der Waals surface area (Å²) in [5.41, 5.74) is 1.76. The second-order valence-electron chi connectivity index (χ2n) is 6.32. The van der Waals surface area contributed by atoms with Gasteiger partial charge in [-0.3, -0.25) is 9.78 Å². The number of halogens is 1. The van der Waals surface area contributed by atoms with Crippen LogP contribution in [0.4, 0.5) is 0 Å².